The number of carbonyl (C=O) groups is 1. The summed E-state index contributed by atoms with van der Waals surface area (Å²) >= 11 is 0. The van der Waals surface area contributed by atoms with E-state index in [-0.39, 0.29) is 11.3 Å². The molecule has 0 aliphatic heterocycles. The van der Waals surface area contributed by atoms with Crippen LogP contribution in [-0.4, -0.2) is 17.1 Å². The molecule has 0 bridgehead atoms. The first-order valence-corrected chi connectivity index (χ1v) is 7.36. The zero-order chi connectivity index (χ0) is 17.1. The Bertz CT molecular complexity index is 712. The average molecular weight is 323 g/mol. The molecule has 1 amide bonds. The number of hydrogen-bond donors (Lipinski definition) is 2. The van der Waals surface area contributed by atoms with E-state index in [2.05, 4.69) is 5.32 Å². The van der Waals surface area contributed by atoms with Gasteiger partial charge in [-0.25, -0.2) is 8.78 Å². The molecule has 0 fully saturated rings. The summed E-state index contributed by atoms with van der Waals surface area (Å²) in [6, 6.07) is 4.05. The minimum Gasteiger partial charge on any atom is -0.456 e. The molecule has 2 unspecified atom stereocenters. The summed E-state index contributed by atoms with van der Waals surface area (Å²) in [4.78, 5) is 12.1. The van der Waals surface area contributed by atoms with E-state index in [4.69, 9.17) is 4.42 Å². The van der Waals surface area contributed by atoms with Gasteiger partial charge in [0.2, 0.25) is 0 Å². The van der Waals surface area contributed by atoms with Crippen molar-refractivity contribution in [1.29, 1.82) is 0 Å². The smallest absolute Gasteiger partial charge is 0.287 e. The molecule has 0 spiro atoms. The van der Waals surface area contributed by atoms with Gasteiger partial charge in [-0.15, -0.1) is 0 Å². The topological polar surface area (TPSA) is 62.5 Å². The van der Waals surface area contributed by atoms with Gasteiger partial charge < -0.3 is 14.8 Å². The molecule has 6 heteroatoms. The molecule has 0 aliphatic carbocycles. The number of nitrogens with one attached hydrogen (secondary N) is 1. The highest BCUT2D eigenvalue weighted by Crippen LogP contribution is 2.20. The van der Waals surface area contributed by atoms with Crippen LogP contribution in [0.25, 0.3) is 0 Å². The van der Waals surface area contributed by atoms with E-state index < -0.39 is 29.7 Å². The van der Waals surface area contributed by atoms with Crippen molar-refractivity contribution in [1.82, 2.24) is 5.32 Å². The number of hydrogen-bond acceptors (Lipinski definition) is 3. The predicted molar refractivity (Wildman–Crippen MR) is 81.1 cm³/mol. The Kier molecular flexibility index (Phi) is 5.15. The van der Waals surface area contributed by atoms with E-state index in [1.54, 1.807) is 13.0 Å². The lowest BCUT2D eigenvalue weighted by Crippen LogP contribution is -2.37. The summed E-state index contributed by atoms with van der Waals surface area (Å²) in [5, 5.41) is 12.8. The summed E-state index contributed by atoms with van der Waals surface area (Å²) in [7, 11) is 0. The summed E-state index contributed by atoms with van der Waals surface area (Å²) in [6.45, 7) is 5.34. The Hall–Kier alpha value is -2.21. The van der Waals surface area contributed by atoms with E-state index in [9.17, 15) is 18.7 Å². The van der Waals surface area contributed by atoms with Crippen molar-refractivity contribution in [2.24, 2.45) is 0 Å². The highest BCUT2D eigenvalue weighted by atomic mass is 19.2. The number of rotatable bonds is 5. The van der Waals surface area contributed by atoms with Gasteiger partial charge in [-0.05, 0) is 43.2 Å². The number of benzene rings is 1. The van der Waals surface area contributed by atoms with Crippen molar-refractivity contribution < 1.29 is 23.1 Å². The Morgan fingerprint density at radius 2 is 2.00 bits per heavy atom. The fraction of sp³-hybridized carbons (Fsp3) is 0.353. The lowest BCUT2D eigenvalue weighted by atomic mass is 10.0. The molecule has 4 nitrogen and oxygen atoms in total. The van der Waals surface area contributed by atoms with Crippen LogP contribution in [0.3, 0.4) is 0 Å². The Morgan fingerprint density at radius 3 is 2.57 bits per heavy atom. The minimum atomic E-state index is -1.17. The van der Waals surface area contributed by atoms with Crippen LogP contribution in [0, 0.1) is 18.6 Å². The zero-order valence-electron chi connectivity index (χ0n) is 13.2. The molecule has 23 heavy (non-hydrogen) atoms. The maximum Gasteiger partial charge on any atom is 0.287 e. The highest BCUT2D eigenvalue weighted by molar-refractivity contribution is 5.92. The molecule has 2 aromatic rings. The van der Waals surface area contributed by atoms with Crippen LogP contribution >= 0.6 is 0 Å². The van der Waals surface area contributed by atoms with Crippen LogP contribution in [0.5, 0.6) is 0 Å². The van der Waals surface area contributed by atoms with Crippen LogP contribution in [0.4, 0.5) is 8.78 Å². The second-order valence-corrected chi connectivity index (χ2v) is 5.45. The summed E-state index contributed by atoms with van der Waals surface area (Å²) in [5.41, 5.74) is 1.06. The van der Waals surface area contributed by atoms with Gasteiger partial charge in [0.15, 0.2) is 17.4 Å². The number of aryl methyl sites for hydroxylation is 2. The fourth-order valence-corrected chi connectivity index (χ4v) is 2.32. The number of furan rings is 1. The van der Waals surface area contributed by atoms with Crippen molar-refractivity contribution >= 4 is 5.91 Å². The van der Waals surface area contributed by atoms with Gasteiger partial charge in [-0.2, -0.15) is 0 Å². The van der Waals surface area contributed by atoms with Crippen molar-refractivity contribution in [2.75, 3.05) is 0 Å². The molecule has 0 radical (unpaired) electrons. The van der Waals surface area contributed by atoms with Crippen molar-refractivity contribution in [2.45, 2.75) is 39.3 Å². The molecule has 2 rings (SSSR count). The molecule has 0 saturated heterocycles. The van der Waals surface area contributed by atoms with Gasteiger partial charge in [0.25, 0.3) is 5.91 Å². The van der Waals surface area contributed by atoms with Crippen LogP contribution in [0.15, 0.2) is 28.7 Å². The van der Waals surface area contributed by atoms with E-state index in [1.165, 1.54) is 6.07 Å². The fourth-order valence-electron chi connectivity index (χ4n) is 2.32. The van der Waals surface area contributed by atoms with Crippen LogP contribution in [0.2, 0.25) is 0 Å². The number of carbonyl (C=O) groups excluding carboxylic acids is 1. The lowest BCUT2D eigenvalue weighted by Gasteiger charge is -2.20. The first kappa shape index (κ1) is 17.1. The number of aliphatic hydroxyl groups is 1. The molecule has 0 aliphatic rings. The summed E-state index contributed by atoms with van der Waals surface area (Å²) in [5.74, 6) is -1.63. The zero-order valence-corrected chi connectivity index (χ0v) is 13.2. The van der Waals surface area contributed by atoms with E-state index in [1.807, 2.05) is 13.8 Å². The minimum absolute atomic E-state index is 0.156. The average Bonchev–Trinajstić information content (AvgIpc) is 2.90. The van der Waals surface area contributed by atoms with E-state index in [0.717, 1.165) is 23.5 Å². The molecule has 1 heterocycles. The van der Waals surface area contributed by atoms with Gasteiger partial charge >= 0.3 is 0 Å². The predicted octanol–water partition coefficient (Wildman–Crippen LogP) is 3.28. The number of aliphatic hydroxyl groups excluding tert-OH is 1. The third-order valence-corrected chi connectivity index (χ3v) is 3.68. The normalized spacial score (nSPS) is 13.7. The Labute approximate surface area is 133 Å². The van der Waals surface area contributed by atoms with Gasteiger partial charge in [0.1, 0.15) is 5.76 Å². The van der Waals surface area contributed by atoms with Crippen LogP contribution in [0.1, 0.15) is 47.4 Å². The highest BCUT2D eigenvalue weighted by Gasteiger charge is 2.22. The van der Waals surface area contributed by atoms with Crippen molar-refractivity contribution in [3.8, 4) is 0 Å². The monoisotopic (exact) mass is 323 g/mol. The lowest BCUT2D eigenvalue weighted by molar-refractivity contribution is 0.0824. The third kappa shape index (κ3) is 3.76. The Morgan fingerprint density at radius 1 is 1.30 bits per heavy atom. The second kappa shape index (κ2) is 6.91. The number of amides is 1. The van der Waals surface area contributed by atoms with Gasteiger partial charge in [0.05, 0.1) is 12.1 Å². The second-order valence-electron chi connectivity index (χ2n) is 5.45. The van der Waals surface area contributed by atoms with Gasteiger partial charge in [0, 0.05) is 6.42 Å². The molecule has 2 atom stereocenters. The first-order chi connectivity index (χ1) is 10.8. The van der Waals surface area contributed by atoms with E-state index >= 15 is 0 Å². The molecule has 2 N–H and O–H groups in total. The SMILES string of the molecule is CCc1oc(C(=O)NC(C)C(O)c2ccc(F)c(F)c2)cc1C. The molecule has 0 saturated carbocycles. The van der Waals surface area contributed by atoms with Gasteiger partial charge in [-0.1, -0.05) is 13.0 Å². The molecule has 1 aromatic heterocycles. The largest absolute Gasteiger partial charge is 0.456 e. The van der Waals surface area contributed by atoms with Gasteiger partial charge in [-0.3, -0.25) is 4.79 Å². The van der Waals surface area contributed by atoms with Crippen molar-refractivity contribution in [3.63, 3.8) is 0 Å². The van der Waals surface area contributed by atoms with E-state index in [0.29, 0.717) is 6.42 Å². The first-order valence-electron chi connectivity index (χ1n) is 7.36. The van der Waals surface area contributed by atoms with Crippen molar-refractivity contribution in [3.05, 3.63) is 58.5 Å². The summed E-state index contributed by atoms with van der Waals surface area (Å²) < 4.78 is 31.6. The quantitative estimate of drug-likeness (QED) is 0.887. The molecule has 1 aromatic carbocycles. The maximum absolute atomic E-state index is 13.2. The molecular weight excluding hydrogens is 304 g/mol. The van der Waals surface area contributed by atoms with Crippen LogP contribution in [-0.2, 0) is 6.42 Å². The standard InChI is InChI=1S/C17H19F2NO3/c1-4-14-9(2)7-15(23-14)17(22)20-10(3)16(21)11-5-6-12(18)13(19)8-11/h5-8,10,16,21H,4H2,1-3H3,(H,20,22). The maximum atomic E-state index is 13.2. The molecule has 124 valence electrons. The third-order valence-electron chi connectivity index (χ3n) is 3.68. The summed E-state index contributed by atoms with van der Waals surface area (Å²) in [6.07, 6.45) is -0.498. The number of halogens is 2. The van der Waals surface area contributed by atoms with Crippen LogP contribution < -0.4 is 5.32 Å². The molecular formula is C17H19F2NO3. The Balaban J connectivity index is 2.08.